The summed E-state index contributed by atoms with van der Waals surface area (Å²) in [7, 11) is 1.64. The van der Waals surface area contributed by atoms with Crippen molar-refractivity contribution in [1.29, 1.82) is 5.26 Å². The molecular formula is C11H13BrN2O. The summed E-state index contributed by atoms with van der Waals surface area (Å²) >= 11 is 3.36. The lowest BCUT2D eigenvalue weighted by Crippen LogP contribution is -2.23. The Morgan fingerprint density at radius 1 is 1.47 bits per heavy atom. The van der Waals surface area contributed by atoms with Crippen LogP contribution in [0.4, 0.5) is 0 Å². The molecule has 0 aliphatic heterocycles. The fourth-order valence-corrected chi connectivity index (χ4v) is 1.46. The zero-order valence-electron chi connectivity index (χ0n) is 8.53. The highest BCUT2D eigenvalue weighted by Crippen LogP contribution is 2.16. The minimum absolute atomic E-state index is 0.270. The molecule has 0 heterocycles. The number of nitrogens with zero attached hydrogens (tertiary/aromatic N) is 1. The van der Waals surface area contributed by atoms with Gasteiger partial charge in [0.15, 0.2) is 0 Å². The van der Waals surface area contributed by atoms with E-state index in [1.807, 2.05) is 24.3 Å². The van der Waals surface area contributed by atoms with E-state index in [1.54, 1.807) is 7.11 Å². The third-order valence-corrected chi connectivity index (χ3v) is 2.52. The zero-order valence-corrected chi connectivity index (χ0v) is 10.1. The van der Waals surface area contributed by atoms with Crippen LogP contribution >= 0.6 is 15.9 Å². The molecule has 15 heavy (non-hydrogen) atoms. The minimum atomic E-state index is -0.270. The fourth-order valence-electron chi connectivity index (χ4n) is 1.20. The first kappa shape index (κ1) is 12.2. The van der Waals surface area contributed by atoms with Gasteiger partial charge < -0.3 is 4.74 Å². The summed E-state index contributed by atoms with van der Waals surface area (Å²) in [5.74, 6) is 0. The van der Waals surface area contributed by atoms with Crippen LogP contribution in [0, 0.1) is 11.3 Å². The molecule has 0 fully saturated rings. The van der Waals surface area contributed by atoms with Crippen molar-refractivity contribution in [2.45, 2.75) is 6.04 Å². The van der Waals surface area contributed by atoms with Crippen LogP contribution in [0.3, 0.4) is 0 Å². The van der Waals surface area contributed by atoms with E-state index in [9.17, 15) is 0 Å². The van der Waals surface area contributed by atoms with Crippen molar-refractivity contribution < 1.29 is 4.74 Å². The summed E-state index contributed by atoms with van der Waals surface area (Å²) in [6.07, 6.45) is 0. The Morgan fingerprint density at radius 2 is 2.13 bits per heavy atom. The molecule has 0 saturated carbocycles. The molecule has 3 nitrogen and oxygen atoms in total. The van der Waals surface area contributed by atoms with E-state index in [4.69, 9.17) is 10.00 Å². The summed E-state index contributed by atoms with van der Waals surface area (Å²) in [6.45, 7) is 1.28. The van der Waals surface area contributed by atoms with Crippen molar-refractivity contribution in [3.8, 4) is 6.07 Å². The van der Waals surface area contributed by atoms with Gasteiger partial charge in [0.25, 0.3) is 0 Å². The van der Waals surface area contributed by atoms with Gasteiger partial charge in [-0.1, -0.05) is 28.1 Å². The van der Waals surface area contributed by atoms with Crippen LogP contribution in [0.2, 0.25) is 0 Å². The average molecular weight is 269 g/mol. The number of halogens is 1. The molecule has 1 N–H and O–H groups in total. The molecule has 1 atom stereocenters. The van der Waals surface area contributed by atoms with Crippen molar-refractivity contribution in [1.82, 2.24) is 5.32 Å². The Bertz CT molecular complexity index is 331. The van der Waals surface area contributed by atoms with Gasteiger partial charge in [-0.2, -0.15) is 5.26 Å². The smallest absolute Gasteiger partial charge is 0.121 e. The fraction of sp³-hybridized carbons (Fsp3) is 0.364. The number of rotatable bonds is 5. The largest absolute Gasteiger partial charge is 0.383 e. The van der Waals surface area contributed by atoms with Gasteiger partial charge in [-0.15, -0.1) is 0 Å². The van der Waals surface area contributed by atoms with Gasteiger partial charge in [0, 0.05) is 18.1 Å². The van der Waals surface area contributed by atoms with Gasteiger partial charge in [-0.25, -0.2) is 0 Å². The summed E-state index contributed by atoms with van der Waals surface area (Å²) in [5, 5.41) is 12.1. The molecule has 1 aromatic rings. The van der Waals surface area contributed by atoms with Gasteiger partial charge in [0.2, 0.25) is 0 Å². The molecule has 80 valence electrons. The molecule has 0 aliphatic rings. The van der Waals surface area contributed by atoms with Crippen LogP contribution < -0.4 is 5.32 Å². The second-order valence-corrected chi connectivity index (χ2v) is 3.98. The van der Waals surface area contributed by atoms with E-state index >= 15 is 0 Å². The molecule has 1 unspecified atom stereocenters. The standard InChI is InChI=1S/C11H13BrN2O/c1-15-7-6-14-11(8-13)9-2-4-10(12)5-3-9/h2-5,11,14H,6-7H2,1H3. The highest BCUT2D eigenvalue weighted by Gasteiger charge is 2.08. The van der Waals surface area contributed by atoms with Crippen molar-refractivity contribution in [3.05, 3.63) is 34.3 Å². The summed E-state index contributed by atoms with van der Waals surface area (Å²) in [4.78, 5) is 0. The molecule has 1 rings (SSSR count). The van der Waals surface area contributed by atoms with Crippen molar-refractivity contribution in [3.63, 3.8) is 0 Å². The third kappa shape index (κ3) is 4.00. The molecule has 0 aliphatic carbocycles. The maximum Gasteiger partial charge on any atom is 0.121 e. The van der Waals surface area contributed by atoms with E-state index in [-0.39, 0.29) is 6.04 Å². The summed E-state index contributed by atoms with van der Waals surface area (Å²) < 4.78 is 5.93. The molecule has 0 spiro atoms. The number of nitrogens with one attached hydrogen (secondary N) is 1. The Hall–Kier alpha value is -0.890. The van der Waals surface area contributed by atoms with Crippen molar-refractivity contribution in [2.24, 2.45) is 0 Å². The number of nitriles is 1. The lowest BCUT2D eigenvalue weighted by atomic mass is 10.1. The Balaban J connectivity index is 2.59. The molecule has 1 aromatic carbocycles. The highest BCUT2D eigenvalue weighted by atomic mass is 79.9. The summed E-state index contributed by atoms with van der Waals surface area (Å²) in [5.41, 5.74) is 0.969. The van der Waals surface area contributed by atoms with Crippen LogP contribution in [-0.4, -0.2) is 20.3 Å². The number of hydrogen-bond acceptors (Lipinski definition) is 3. The molecule has 0 aromatic heterocycles. The van der Waals surface area contributed by atoms with E-state index in [0.29, 0.717) is 13.2 Å². The SMILES string of the molecule is COCCNC(C#N)c1ccc(Br)cc1. The first-order valence-electron chi connectivity index (χ1n) is 4.65. The highest BCUT2D eigenvalue weighted by molar-refractivity contribution is 9.10. The molecule has 4 heteroatoms. The Kier molecular flexibility index (Phi) is 5.33. The lowest BCUT2D eigenvalue weighted by Gasteiger charge is -2.11. The Labute approximate surface area is 98.2 Å². The molecular weight excluding hydrogens is 256 g/mol. The normalized spacial score (nSPS) is 12.1. The van der Waals surface area contributed by atoms with Crippen LogP contribution in [0.5, 0.6) is 0 Å². The van der Waals surface area contributed by atoms with E-state index in [1.165, 1.54) is 0 Å². The van der Waals surface area contributed by atoms with Crippen LogP contribution in [0.1, 0.15) is 11.6 Å². The van der Waals surface area contributed by atoms with Gasteiger partial charge in [0.05, 0.1) is 12.7 Å². The third-order valence-electron chi connectivity index (χ3n) is 1.99. The average Bonchev–Trinajstić information content (AvgIpc) is 2.26. The Morgan fingerprint density at radius 3 is 2.67 bits per heavy atom. The predicted octanol–water partition coefficient (Wildman–Crippen LogP) is 2.25. The zero-order chi connectivity index (χ0) is 11.1. The predicted molar refractivity (Wildman–Crippen MR) is 62.4 cm³/mol. The van der Waals surface area contributed by atoms with Gasteiger partial charge in [0.1, 0.15) is 6.04 Å². The van der Waals surface area contributed by atoms with E-state index < -0.39 is 0 Å². The monoisotopic (exact) mass is 268 g/mol. The second-order valence-electron chi connectivity index (χ2n) is 3.06. The van der Waals surface area contributed by atoms with Crippen molar-refractivity contribution >= 4 is 15.9 Å². The lowest BCUT2D eigenvalue weighted by molar-refractivity contribution is 0.198. The maximum atomic E-state index is 8.98. The minimum Gasteiger partial charge on any atom is -0.383 e. The number of hydrogen-bond donors (Lipinski definition) is 1. The van der Waals surface area contributed by atoms with Gasteiger partial charge in [-0.3, -0.25) is 5.32 Å². The van der Waals surface area contributed by atoms with Crippen LogP contribution in [-0.2, 0) is 4.74 Å². The quantitative estimate of drug-likeness (QED) is 0.834. The first-order chi connectivity index (χ1) is 7.27. The second kappa shape index (κ2) is 6.57. The topological polar surface area (TPSA) is 45.0 Å². The number of benzene rings is 1. The maximum absolute atomic E-state index is 8.98. The van der Waals surface area contributed by atoms with Crippen molar-refractivity contribution in [2.75, 3.05) is 20.3 Å². The molecule has 0 radical (unpaired) electrons. The van der Waals surface area contributed by atoms with E-state index in [2.05, 4.69) is 27.3 Å². The first-order valence-corrected chi connectivity index (χ1v) is 5.44. The van der Waals surface area contributed by atoms with Gasteiger partial charge >= 0.3 is 0 Å². The summed E-state index contributed by atoms with van der Waals surface area (Å²) in [6, 6.07) is 9.66. The van der Waals surface area contributed by atoms with E-state index in [0.717, 1.165) is 10.0 Å². The number of methoxy groups -OCH3 is 1. The van der Waals surface area contributed by atoms with Gasteiger partial charge in [-0.05, 0) is 17.7 Å². The molecule has 0 amide bonds. The molecule has 0 bridgehead atoms. The molecule has 0 saturated heterocycles. The van der Waals surface area contributed by atoms with Crippen LogP contribution in [0.25, 0.3) is 0 Å². The number of ether oxygens (including phenoxy) is 1. The van der Waals surface area contributed by atoms with Crippen LogP contribution in [0.15, 0.2) is 28.7 Å².